The van der Waals surface area contributed by atoms with E-state index in [-0.39, 0.29) is 34.2 Å². The molecule has 1 aromatic carbocycles. The van der Waals surface area contributed by atoms with Crippen LogP contribution in [-0.2, 0) is 0 Å². The van der Waals surface area contributed by atoms with Crippen molar-refractivity contribution < 1.29 is 22.7 Å². The van der Waals surface area contributed by atoms with Gasteiger partial charge < -0.3 is 4.74 Å². The quantitative estimate of drug-likeness (QED) is 0.847. The van der Waals surface area contributed by atoms with Crippen LogP contribution in [0, 0.1) is 0 Å². The second-order valence-electron chi connectivity index (χ2n) is 3.67. The van der Waals surface area contributed by atoms with Crippen molar-refractivity contribution >= 4 is 23.6 Å². The van der Waals surface area contributed by atoms with Crippen LogP contribution in [0.4, 0.5) is 19.1 Å². The number of thioether (sulfide) groups is 1. The number of aromatic nitrogens is 3. The van der Waals surface area contributed by atoms with Crippen LogP contribution in [0.3, 0.4) is 0 Å². The average Bonchev–Trinajstić information content (AvgIpc) is 2.85. The Hall–Kier alpha value is -2.23. The first-order chi connectivity index (χ1) is 9.89. The molecule has 0 atom stereocenters. The Morgan fingerprint density at radius 2 is 2.10 bits per heavy atom. The molecule has 0 aliphatic heterocycles. The number of ether oxygens (including phenoxy) is 1. The number of hydrogen-bond acceptors (Lipinski definition) is 5. The third-order valence-electron chi connectivity index (χ3n) is 2.24. The Morgan fingerprint density at radius 1 is 1.38 bits per heavy atom. The molecule has 112 valence electrons. The smallest absolute Gasteiger partial charge is 0.446 e. The number of H-pyrrole nitrogens is 1. The van der Waals surface area contributed by atoms with E-state index >= 15 is 0 Å². The van der Waals surface area contributed by atoms with Crippen LogP contribution >= 0.6 is 11.8 Å². The van der Waals surface area contributed by atoms with Crippen molar-refractivity contribution in [3.05, 3.63) is 29.8 Å². The lowest BCUT2D eigenvalue weighted by Gasteiger charge is -2.10. The van der Waals surface area contributed by atoms with Gasteiger partial charge in [0.05, 0.1) is 12.7 Å². The van der Waals surface area contributed by atoms with Crippen LogP contribution < -0.4 is 10.1 Å². The molecule has 0 bridgehead atoms. The largest absolute Gasteiger partial charge is 0.466 e. The third-order valence-corrected chi connectivity index (χ3v) is 3.04. The molecule has 2 rings (SSSR count). The Kier molecular flexibility index (Phi) is 4.36. The summed E-state index contributed by atoms with van der Waals surface area (Å²) in [7, 11) is 1.34. The monoisotopic (exact) mass is 318 g/mol. The highest BCUT2D eigenvalue weighted by Crippen LogP contribution is 2.38. The van der Waals surface area contributed by atoms with E-state index in [4.69, 9.17) is 4.74 Å². The molecule has 0 aliphatic carbocycles. The molecule has 1 aromatic heterocycles. The van der Waals surface area contributed by atoms with Gasteiger partial charge in [0.1, 0.15) is 0 Å². The Balaban J connectivity index is 2.19. The summed E-state index contributed by atoms with van der Waals surface area (Å²) in [6, 6.07) is 5.40. The molecule has 21 heavy (non-hydrogen) atoms. The maximum absolute atomic E-state index is 12.4. The highest BCUT2D eigenvalue weighted by Gasteiger charge is 2.31. The van der Waals surface area contributed by atoms with E-state index in [1.54, 1.807) is 0 Å². The SMILES string of the molecule is COc1n[nH]c(NC(=O)c2ccccc2SC(F)(F)F)n1. The summed E-state index contributed by atoms with van der Waals surface area (Å²) in [5, 5.41) is 8.29. The number of alkyl halides is 3. The fourth-order valence-electron chi connectivity index (χ4n) is 1.44. The maximum atomic E-state index is 12.4. The van der Waals surface area contributed by atoms with E-state index in [0.717, 1.165) is 0 Å². The van der Waals surface area contributed by atoms with Crippen LogP contribution in [-0.4, -0.2) is 33.7 Å². The van der Waals surface area contributed by atoms with Crippen molar-refractivity contribution in [1.29, 1.82) is 0 Å². The van der Waals surface area contributed by atoms with Gasteiger partial charge in [-0.25, -0.2) is 5.10 Å². The third kappa shape index (κ3) is 4.12. The number of aromatic amines is 1. The summed E-state index contributed by atoms with van der Waals surface area (Å²) in [6.45, 7) is 0. The molecular formula is C11H9F3N4O2S. The first-order valence-electron chi connectivity index (χ1n) is 5.51. The first-order valence-corrected chi connectivity index (χ1v) is 6.33. The average molecular weight is 318 g/mol. The highest BCUT2D eigenvalue weighted by atomic mass is 32.2. The summed E-state index contributed by atoms with van der Waals surface area (Å²) < 4.78 is 42.1. The molecule has 6 nitrogen and oxygen atoms in total. The van der Waals surface area contributed by atoms with Crippen molar-refractivity contribution in [1.82, 2.24) is 15.2 Å². The number of rotatable bonds is 4. The van der Waals surface area contributed by atoms with Crippen molar-refractivity contribution in [2.45, 2.75) is 10.4 Å². The lowest BCUT2D eigenvalue weighted by Crippen LogP contribution is -2.15. The van der Waals surface area contributed by atoms with E-state index in [2.05, 4.69) is 20.5 Å². The maximum Gasteiger partial charge on any atom is 0.446 e. The number of nitrogens with zero attached hydrogens (tertiary/aromatic N) is 2. The molecule has 10 heteroatoms. The summed E-state index contributed by atoms with van der Waals surface area (Å²) in [4.78, 5) is 15.5. The van der Waals surface area contributed by atoms with Crippen LogP contribution in [0.15, 0.2) is 29.2 Å². The van der Waals surface area contributed by atoms with Gasteiger partial charge in [0.15, 0.2) is 0 Å². The number of anilines is 1. The molecule has 0 saturated heterocycles. The van der Waals surface area contributed by atoms with Crippen LogP contribution in [0.25, 0.3) is 0 Å². The number of nitrogens with one attached hydrogen (secondary N) is 2. The van der Waals surface area contributed by atoms with Gasteiger partial charge in [-0.1, -0.05) is 12.1 Å². The minimum atomic E-state index is -4.48. The fraction of sp³-hybridized carbons (Fsp3) is 0.182. The molecule has 0 aliphatic rings. The minimum absolute atomic E-state index is 0.00301. The van der Waals surface area contributed by atoms with Crippen LogP contribution in [0.2, 0.25) is 0 Å². The number of methoxy groups -OCH3 is 1. The molecule has 2 aromatic rings. The van der Waals surface area contributed by atoms with Gasteiger partial charge in [0, 0.05) is 4.90 Å². The van der Waals surface area contributed by atoms with Gasteiger partial charge >= 0.3 is 11.5 Å². The molecule has 1 amide bonds. The molecule has 2 N–H and O–H groups in total. The Labute approximate surface area is 121 Å². The topological polar surface area (TPSA) is 79.9 Å². The Bertz CT molecular complexity index is 644. The Morgan fingerprint density at radius 3 is 2.71 bits per heavy atom. The van der Waals surface area contributed by atoms with Crippen molar-refractivity contribution in [2.24, 2.45) is 0 Å². The lowest BCUT2D eigenvalue weighted by atomic mass is 10.2. The van der Waals surface area contributed by atoms with Crippen molar-refractivity contribution in [3.8, 4) is 6.01 Å². The van der Waals surface area contributed by atoms with Gasteiger partial charge in [-0.2, -0.15) is 18.2 Å². The van der Waals surface area contributed by atoms with Crippen LogP contribution in [0.1, 0.15) is 10.4 Å². The second kappa shape index (κ2) is 6.04. The summed E-state index contributed by atoms with van der Waals surface area (Å²) >= 11 is -0.356. The number of hydrogen-bond donors (Lipinski definition) is 2. The molecule has 0 unspecified atom stereocenters. The van der Waals surface area contributed by atoms with Gasteiger partial charge in [0.25, 0.3) is 5.91 Å². The number of carbonyl (C=O) groups excluding carboxylic acids is 1. The number of benzene rings is 1. The molecule has 0 radical (unpaired) electrons. The number of amides is 1. The summed E-state index contributed by atoms with van der Waals surface area (Å²) in [5.74, 6) is -0.759. The lowest BCUT2D eigenvalue weighted by molar-refractivity contribution is -0.0328. The zero-order chi connectivity index (χ0) is 15.5. The summed E-state index contributed by atoms with van der Waals surface area (Å²) in [5.41, 5.74) is -4.60. The predicted molar refractivity (Wildman–Crippen MR) is 69.2 cm³/mol. The summed E-state index contributed by atoms with van der Waals surface area (Å²) in [6.07, 6.45) is 0. The molecule has 0 spiro atoms. The normalized spacial score (nSPS) is 11.2. The predicted octanol–water partition coefficient (Wildman–Crippen LogP) is 2.68. The highest BCUT2D eigenvalue weighted by molar-refractivity contribution is 8.00. The van der Waals surface area contributed by atoms with E-state index in [9.17, 15) is 18.0 Å². The minimum Gasteiger partial charge on any atom is -0.466 e. The first kappa shape index (κ1) is 15.2. The fourth-order valence-corrected chi connectivity index (χ4v) is 2.10. The molecule has 0 saturated carbocycles. The van der Waals surface area contributed by atoms with Gasteiger partial charge in [-0.3, -0.25) is 10.1 Å². The molecule has 1 heterocycles. The van der Waals surface area contributed by atoms with E-state index in [1.807, 2.05) is 0 Å². The standard InChI is InChI=1S/C11H9F3N4O2S/c1-20-10-16-9(17-18-10)15-8(19)6-4-2-3-5-7(6)21-11(12,13)14/h2-5H,1H3,(H2,15,16,17,18,19). The number of carbonyl (C=O) groups is 1. The van der Waals surface area contributed by atoms with Gasteiger partial charge in [-0.05, 0) is 23.9 Å². The van der Waals surface area contributed by atoms with Gasteiger partial charge in [-0.15, -0.1) is 5.10 Å². The van der Waals surface area contributed by atoms with E-state index in [1.165, 1.54) is 31.4 Å². The zero-order valence-corrected chi connectivity index (χ0v) is 11.4. The second-order valence-corrected chi connectivity index (χ2v) is 4.78. The van der Waals surface area contributed by atoms with Crippen molar-refractivity contribution in [3.63, 3.8) is 0 Å². The van der Waals surface area contributed by atoms with Gasteiger partial charge in [0.2, 0.25) is 5.95 Å². The van der Waals surface area contributed by atoms with E-state index < -0.39 is 11.4 Å². The molecular weight excluding hydrogens is 309 g/mol. The van der Waals surface area contributed by atoms with E-state index in [0.29, 0.717) is 0 Å². The number of halogens is 3. The van der Waals surface area contributed by atoms with Crippen molar-refractivity contribution in [2.75, 3.05) is 12.4 Å². The van der Waals surface area contributed by atoms with Crippen LogP contribution in [0.5, 0.6) is 6.01 Å². The molecule has 0 fully saturated rings. The zero-order valence-electron chi connectivity index (χ0n) is 10.6.